The summed E-state index contributed by atoms with van der Waals surface area (Å²) in [6, 6.07) is 5.19. The van der Waals surface area contributed by atoms with Crippen LogP contribution in [0.4, 0.5) is 5.69 Å². The summed E-state index contributed by atoms with van der Waals surface area (Å²) < 4.78 is 0. The van der Waals surface area contributed by atoms with E-state index in [2.05, 4.69) is 11.8 Å². The molecule has 0 saturated carbocycles. The molecule has 0 aliphatic carbocycles. The molecule has 2 aliphatic rings. The number of likely N-dealkylation sites (N-methyl/N-ethyl adjacent to an activating group) is 1. The highest BCUT2D eigenvalue weighted by Gasteiger charge is 2.35. The van der Waals surface area contributed by atoms with Crippen LogP contribution < -0.4 is 4.90 Å². The number of benzene rings is 1. The summed E-state index contributed by atoms with van der Waals surface area (Å²) in [6.45, 7) is 5.27. The van der Waals surface area contributed by atoms with Gasteiger partial charge in [0, 0.05) is 38.8 Å². The molecule has 2 fully saturated rings. The van der Waals surface area contributed by atoms with Crippen LogP contribution in [-0.2, 0) is 4.79 Å². The molecule has 2 saturated heterocycles. The number of rotatable bonds is 5. The van der Waals surface area contributed by atoms with Crippen LogP contribution in [0.25, 0.3) is 0 Å². The number of carbonyl (C=O) groups is 2. The van der Waals surface area contributed by atoms with Crippen molar-refractivity contribution >= 4 is 29.1 Å². The lowest BCUT2D eigenvalue weighted by Crippen LogP contribution is -2.57. The zero-order valence-corrected chi connectivity index (χ0v) is 16.5. The van der Waals surface area contributed by atoms with E-state index in [0.717, 1.165) is 31.6 Å². The van der Waals surface area contributed by atoms with Crippen molar-refractivity contribution in [1.82, 2.24) is 9.80 Å². The van der Waals surface area contributed by atoms with E-state index in [9.17, 15) is 9.59 Å². The molecule has 2 amide bonds. The molecule has 1 atom stereocenters. The zero-order valence-electron chi connectivity index (χ0n) is 15.7. The quantitative estimate of drug-likeness (QED) is 0.789. The monoisotopic (exact) mass is 377 g/mol. The van der Waals surface area contributed by atoms with E-state index in [0.29, 0.717) is 30.1 Å². The number of halogens is 1. The van der Waals surface area contributed by atoms with Gasteiger partial charge in [0.1, 0.15) is 6.04 Å². The maximum Gasteiger partial charge on any atom is 0.254 e. The number of hydrogen-bond acceptors (Lipinski definition) is 3. The first kappa shape index (κ1) is 19.0. The second kappa shape index (κ2) is 8.30. The van der Waals surface area contributed by atoms with Gasteiger partial charge in [-0.3, -0.25) is 9.59 Å². The van der Waals surface area contributed by atoms with Gasteiger partial charge in [0.15, 0.2) is 0 Å². The Labute approximate surface area is 160 Å². The van der Waals surface area contributed by atoms with E-state index in [4.69, 9.17) is 11.6 Å². The van der Waals surface area contributed by atoms with Crippen molar-refractivity contribution in [1.29, 1.82) is 0 Å². The third kappa shape index (κ3) is 3.83. The second-order valence-corrected chi connectivity index (χ2v) is 7.68. The van der Waals surface area contributed by atoms with Crippen molar-refractivity contribution in [2.75, 3.05) is 38.1 Å². The van der Waals surface area contributed by atoms with Crippen molar-refractivity contribution in [2.45, 2.75) is 45.1 Å². The summed E-state index contributed by atoms with van der Waals surface area (Å²) in [5.74, 6) is -0.0553. The molecule has 26 heavy (non-hydrogen) atoms. The molecule has 3 rings (SSSR count). The third-order valence-electron chi connectivity index (χ3n) is 5.45. The number of unbranched alkanes of at least 4 members (excludes halogenated alkanes) is 1. The fourth-order valence-electron chi connectivity index (χ4n) is 3.85. The van der Waals surface area contributed by atoms with Crippen LogP contribution in [-0.4, -0.2) is 60.9 Å². The topological polar surface area (TPSA) is 43.9 Å². The van der Waals surface area contributed by atoms with Gasteiger partial charge in [-0.1, -0.05) is 31.4 Å². The lowest BCUT2D eigenvalue weighted by Gasteiger charge is -2.39. The summed E-state index contributed by atoms with van der Waals surface area (Å²) in [4.78, 5) is 31.4. The largest absolute Gasteiger partial charge is 0.370 e. The number of amides is 2. The van der Waals surface area contributed by atoms with E-state index in [1.807, 2.05) is 19.2 Å². The maximum absolute atomic E-state index is 13.1. The first-order valence-electron chi connectivity index (χ1n) is 9.63. The second-order valence-electron chi connectivity index (χ2n) is 7.28. The standard InChI is InChI=1S/C20H28ClN3O2/c1-3-4-7-18-20(26)22(2)12-13-24(18)19(25)15-8-9-17(16(21)14-15)23-10-5-6-11-23/h8-9,14,18H,3-7,10-13H2,1-2H3. The van der Waals surface area contributed by atoms with Gasteiger partial charge in [0.25, 0.3) is 5.91 Å². The van der Waals surface area contributed by atoms with Gasteiger partial charge in [-0.05, 0) is 37.5 Å². The SMILES string of the molecule is CCCCC1C(=O)N(C)CCN1C(=O)c1ccc(N2CCCC2)c(Cl)c1. The van der Waals surface area contributed by atoms with Crippen molar-refractivity contribution < 1.29 is 9.59 Å². The van der Waals surface area contributed by atoms with Crippen molar-refractivity contribution in [3.63, 3.8) is 0 Å². The van der Waals surface area contributed by atoms with Crippen LogP contribution in [0.3, 0.4) is 0 Å². The Balaban J connectivity index is 1.80. The highest BCUT2D eigenvalue weighted by molar-refractivity contribution is 6.33. The predicted octanol–water partition coefficient (Wildman–Crippen LogP) is 3.41. The summed E-state index contributed by atoms with van der Waals surface area (Å²) in [5.41, 5.74) is 1.56. The Bertz CT molecular complexity index is 673. The molecule has 1 aromatic carbocycles. The molecule has 2 aliphatic heterocycles. The lowest BCUT2D eigenvalue weighted by molar-refractivity contribution is -0.138. The summed E-state index contributed by atoms with van der Waals surface area (Å²) in [5, 5.41) is 0.614. The Kier molecular flexibility index (Phi) is 6.07. The Morgan fingerprint density at radius 2 is 1.92 bits per heavy atom. The summed E-state index contributed by atoms with van der Waals surface area (Å²) in [6.07, 6.45) is 5.01. The average Bonchev–Trinajstić information content (AvgIpc) is 3.16. The molecule has 142 valence electrons. The zero-order chi connectivity index (χ0) is 18.7. The molecule has 6 heteroatoms. The molecule has 1 unspecified atom stereocenters. The molecule has 0 aromatic heterocycles. The fourth-order valence-corrected chi connectivity index (χ4v) is 4.15. The van der Waals surface area contributed by atoms with Gasteiger partial charge in [0.05, 0.1) is 10.7 Å². The van der Waals surface area contributed by atoms with Gasteiger partial charge >= 0.3 is 0 Å². The van der Waals surface area contributed by atoms with E-state index in [1.54, 1.807) is 15.9 Å². The smallest absolute Gasteiger partial charge is 0.254 e. The van der Waals surface area contributed by atoms with E-state index in [-0.39, 0.29) is 17.9 Å². The predicted molar refractivity (Wildman–Crippen MR) is 105 cm³/mol. The Morgan fingerprint density at radius 1 is 1.19 bits per heavy atom. The Hall–Kier alpha value is -1.75. The van der Waals surface area contributed by atoms with Gasteiger partial charge in [-0.25, -0.2) is 0 Å². The molecular weight excluding hydrogens is 350 g/mol. The number of hydrogen-bond donors (Lipinski definition) is 0. The van der Waals surface area contributed by atoms with Crippen molar-refractivity contribution in [3.05, 3.63) is 28.8 Å². The van der Waals surface area contributed by atoms with Crippen LogP contribution >= 0.6 is 11.6 Å². The highest BCUT2D eigenvalue weighted by Crippen LogP contribution is 2.30. The van der Waals surface area contributed by atoms with Gasteiger partial charge in [0.2, 0.25) is 5.91 Å². The fraction of sp³-hybridized carbons (Fsp3) is 0.600. The minimum atomic E-state index is -0.363. The molecule has 0 spiro atoms. The molecule has 2 heterocycles. The molecule has 1 aromatic rings. The molecule has 0 bridgehead atoms. The molecule has 0 N–H and O–H groups in total. The number of nitrogens with zero attached hydrogens (tertiary/aromatic N) is 3. The molecular formula is C20H28ClN3O2. The molecule has 5 nitrogen and oxygen atoms in total. The van der Waals surface area contributed by atoms with Crippen molar-refractivity contribution in [3.8, 4) is 0 Å². The van der Waals surface area contributed by atoms with Crippen LogP contribution in [0, 0.1) is 0 Å². The first-order chi connectivity index (χ1) is 12.5. The Morgan fingerprint density at radius 3 is 2.58 bits per heavy atom. The highest BCUT2D eigenvalue weighted by atomic mass is 35.5. The maximum atomic E-state index is 13.1. The number of piperazine rings is 1. The number of anilines is 1. The minimum absolute atomic E-state index is 0.0397. The van der Waals surface area contributed by atoms with Crippen LogP contribution in [0.1, 0.15) is 49.4 Å². The summed E-state index contributed by atoms with van der Waals surface area (Å²) in [7, 11) is 1.81. The average molecular weight is 378 g/mol. The molecule has 0 radical (unpaired) electrons. The van der Waals surface area contributed by atoms with E-state index >= 15 is 0 Å². The van der Waals surface area contributed by atoms with Crippen molar-refractivity contribution in [2.24, 2.45) is 0 Å². The number of carbonyl (C=O) groups excluding carboxylic acids is 2. The van der Waals surface area contributed by atoms with Crippen LogP contribution in [0.15, 0.2) is 18.2 Å². The normalized spacial score (nSPS) is 20.8. The van der Waals surface area contributed by atoms with Crippen LogP contribution in [0.2, 0.25) is 5.02 Å². The third-order valence-corrected chi connectivity index (χ3v) is 5.75. The van der Waals surface area contributed by atoms with Gasteiger partial charge in [-0.2, -0.15) is 0 Å². The van der Waals surface area contributed by atoms with E-state index < -0.39 is 0 Å². The van der Waals surface area contributed by atoms with Crippen LogP contribution in [0.5, 0.6) is 0 Å². The van der Waals surface area contributed by atoms with Gasteiger partial charge < -0.3 is 14.7 Å². The minimum Gasteiger partial charge on any atom is -0.370 e. The summed E-state index contributed by atoms with van der Waals surface area (Å²) >= 11 is 6.48. The first-order valence-corrected chi connectivity index (χ1v) is 10.0. The van der Waals surface area contributed by atoms with Gasteiger partial charge in [-0.15, -0.1) is 0 Å². The van der Waals surface area contributed by atoms with E-state index in [1.165, 1.54) is 12.8 Å². The lowest BCUT2D eigenvalue weighted by atomic mass is 10.0.